The summed E-state index contributed by atoms with van der Waals surface area (Å²) in [6.45, 7) is 1.85. The molecule has 2 aromatic heterocycles. The van der Waals surface area contributed by atoms with Gasteiger partial charge in [0.2, 0.25) is 5.88 Å². The Kier molecular flexibility index (Phi) is 4.73. The van der Waals surface area contributed by atoms with Gasteiger partial charge in [-0.2, -0.15) is 5.10 Å². The van der Waals surface area contributed by atoms with Gasteiger partial charge in [-0.15, -0.1) is 0 Å². The Morgan fingerprint density at radius 1 is 1.15 bits per heavy atom. The quantitative estimate of drug-likeness (QED) is 0.715. The monoisotopic (exact) mass is 386 g/mol. The van der Waals surface area contributed by atoms with Crippen LogP contribution in [-0.4, -0.2) is 23.4 Å². The summed E-state index contributed by atoms with van der Waals surface area (Å²) < 4.78 is 34.8. The lowest BCUT2D eigenvalue weighted by Crippen LogP contribution is -2.13. The SMILES string of the molecule is Cc1c(C2CCCCC2)noc1NS(=O)(=O)c1cnn(-c2ccccc2)c1. The number of para-hydroxylation sites is 1. The highest BCUT2D eigenvalue weighted by molar-refractivity contribution is 7.92. The largest absolute Gasteiger partial charge is 0.337 e. The molecule has 0 unspecified atom stereocenters. The molecule has 0 amide bonds. The average molecular weight is 386 g/mol. The van der Waals surface area contributed by atoms with Crippen molar-refractivity contribution in [3.05, 3.63) is 54.0 Å². The number of nitrogens with zero attached hydrogens (tertiary/aromatic N) is 3. The Bertz CT molecular complexity index is 1020. The highest BCUT2D eigenvalue weighted by atomic mass is 32.2. The first-order valence-electron chi connectivity index (χ1n) is 9.14. The van der Waals surface area contributed by atoms with Gasteiger partial charge in [0.05, 0.1) is 23.8 Å². The summed E-state index contributed by atoms with van der Waals surface area (Å²) in [5.74, 6) is 0.532. The van der Waals surface area contributed by atoms with Crippen LogP contribution in [0.4, 0.5) is 5.88 Å². The van der Waals surface area contributed by atoms with Crippen LogP contribution in [0.5, 0.6) is 0 Å². The van der Waals surface area contributed by atoms with Gasteiger partial charge in [0, 0.05) is 11.5 Å². The number of anilines is 1. The van der Waals surface area contributed by atoms with Crippen LogP contribution in [-0.2, 0) is 10.0 Å². The molecule has 0 radical (unpaired) electrons. The molecule has 4 rings (SSSR count). The average Bonchev–Trinajstić information content (AvgIpc) is 3.32. The van der Waals surface area contributed by atoms with Crippen molar-refractivity contribution < 1.29 is 12.9 Å². The van der Waals surface area contributed by atoms with E-state index in [2.05, 4.69) is 15.0 Å². The minimum atomic E-state index is -3.81. The zero-order valence-corrected chi connectivity index (χ0v) is 15.9. The van der Waals surface area contributed by atoms with Gasteiger partial charge < -0.3 is 4.52 Å². The van der Waals surface area contributed by atoms with E-state index in [9.17, 15) is 8.42 Å². The number of rotatable bonds is 5. The molecule has 1 aliphatic rings. The van der Waals surface area contributed by atoms with Gasteiger partial charge in [0.25, 0.3) is 10.0 Å². The van der Waals surface area contributed by atoms with Gasteiger partial charge in [-0.05, 0) is 31.9 Å². The highest BCUT2D eigenvalue weighted by Crippen LogP contribution is 2.36. The Morgan fingerprint density at radius 3 is 2.63 bits per heavy atom. The van der Waals surface area contributed by atoms with E-state index in [-0.39, 0.29) is 10.8 Å². The van der Waals surface area contributed by atoms with Crippen molar-refractivity contribution in [1.82, 2.24) is 14.9 Å². The molecule has 3 aromatic rings. The second kappa shape index (κ2) is 7.19. The van der Waals surface area contributed by atoms with Crippen LogP contribution >= 0.6 is 0 Å². The molecule has 1 saturated carbocycles. The first-order valence-corrected chi connectivity index (χ1v) is 10.6. The molecule has 142 valence electrons. The molecule has 0 aliphatic heterocycles. The lowest BCUT2D eigenvalue weighted by atomic mass is 9.86. The van der Waals surface area contributed by atoms with Crippen LogP contribution in [0, 0.1) is 6.92 Å². The fraction of sp³-hybridized carbons (Fsp3) is 0.368. The predicted octanol–water partition coefficient (Wildman–Crippen LogP) is 4.02. The van der Waals surface area contributed by atoms with Crippen molar-refractivity contribution in [2.75, 3.05) is 4.72 Å². The highest BCUT2D eigenvalue weighted by Gasteiger charge is 2.26. The number of hydrogen-bond donors (Lipinski definition) is 1. The molecular formula is C19H22N4O3S. The summed E-state index contributed by atoms with van der Waals surface area (Å²) in [7, 11) is -3.81. The van der Waals surface area contributed by atoms with Gasteiger partial charge >= 0.3 is 0 Å². The van der Waals surface area contributed by atoms with E-state index >= 15 is 0 Å². The fourth-order valence-electron chi connectivity index (χ4n) is 3.55. The van der Waals surface area contributed by atoms with Crippen molar-refractivity contribution in [3.8, 4) is 5.69 Å². The molecule has 2 heterocycles. The third-order valence-electron chi connectivity index (χ3n) is 5.07. The molecule has 0 spiro atoms. The van der Waals surface area contributed by atoms with Gasteiger partial charge in [-0.3, -0.25) is 0 Å². The maximum absolute atomic E-state index is 12.7. The van der Waals surface area contributed by atoms with Crippen LogP contribution in [0.2, 0.25) is 0 Å². The Hall–Kier alpha value is -2.61. The van der Waals surface area contributed by atoms with Crippen molar-refractivity contribution in [2.45, 2.75) is 49.8 Å². The zero-order chi connectivity index (χ0) is 18.9. The maximum Gasteiger partial charge on any atom is 0.267 e. The minimum Gasteiger partial charge on any atom is -0.337 e. The summed E-state index contributed by atoms with van der Waals surface area (Å²) in [6.07, 6.45) is 8.55. The second-order valence-electron chi connectivity index (χ2n) is 6.92. The normalized spacial score (nSPS) is 15.7. The Balaban J connectivity index is 1.56. The van der Waals surface area contributed by atoms with E-state index in [1.165, 1.54) is 36.3 Å². The summed E-state index contributed by atoms with van der Waals surface area (Å²) >= 11 is 0. The first kappa shape index (κ1) is 17.8. The minimum absolute atomic E-state index is 0.0707. The van der Waals surface area contributed by atoms with E-state index in [1.54, 1.807) is 0 Å². The number of nitrogens with one attached hydrogen (secondary N) is 1. The molecule has 1 N–H and O–H groups in total. The van der Waals surface area contributed by atoms with Crippen LogP contribution in [0.25, 0.3) is 5.69 Å². The Labute approximate surface area is 158 Å². The molecule has 27 heavy (non-hydrogen) atoms. The first-order chi connectivity index (χ1) is 13.0. The van der Waals surface area contributed by atoms with Crippen LogP contribution in [0.3, 0.4) is 0 Å². The van der Waals surface area contributed by atoms with E-state index in [1.807, 2.05) is 37.3 Å². The summed E-state index contributed by atoms with van der Waals surface area (Å²) in [4.78, 5) is 0.0707. The van der Waals surface area contributed by atoms with E-state index in [0.29, 0.717) is 5.92 Å². The second-order valence-corrected chi connectivity index (χ2v) is 8.60. The standard InChI is InChI=1S/C19H22N4O3S/c1-14-18(15-8-4-2-5-9-15)21-26-19(14)22-27(24,25)17-12-20-23(13-17)16-10-6-3-7-11-16/h3,6-7,10-13,15,22H,2,4-5,8-9H2,1H3. The molecule has 0 saturated heterocycles. The third-order valence-corrected chi connectivity index (χ3v) is 6.35. The number of benzene rings is 1. The lowest BCUT2D eigenvalue weighted by Gasteiger charge is -2.19. The zero-order valence-electron chi connectivity index (χ0n) is 15.1. The fourth-order valence-corrected chi connectivity index (χ4v) is 4.52. The van der Waals surface area contributed by atoms with Gasteiger partial charge in [0.15, 0.2) is 0 Å². The van der Waals surface area contributed by atoms with Crippen molar-refractivity contribution in [2.24, 2.45) is 0 Å². The van der Waals surface area contributed by atoms with Gasteiger partial charge in [-0.25, -0.2) is 17.8 Å². The Morgan fingerprint density at radius 2 is 1.89 bits per heavy atom. The number of hydrogen-bond acceptors (Lipinski definition) is 5. The van der Waals surface area contributed by atoms with Crippen LogP contribution in [0.1, 0.15) is 49.3 Å². The molecule has 1 aliphatic carbocycles. The van der Waals surface area contributed by atoms with Gasteiger partial charge in [0.1, 0.15) is 4.90 Å². The van der Waals surface area contributed by atoms with Crippen molar-refractivity contribution in [1.29, 1.82) is 0 Å². The van der Waals surface area contributed by atoms with Gasteiger partial charge in [-0.1, -0.05) is 42.6 Å². The summed E-state index contributed by atoms with van der Waals surface area (Å²) in [6, 6.07) is 9.34. The van der Waals surface area contributed by atoms with Crippen LogP contribution < -0.4 is 4.72 Å². The molecule has 0 bridgehead atoms. The predicted molar refractivity (Wildman–Crippen MR) is 101 cm³/mol. The number of aromatic nitrogens is 3. The molecule has 1 fully saturated rings. The molecule has 8 heteroatoms. The molecule has 7 nitrogen and oxygen atoms in total. The molecule has 0 atom stereocenters. The topological polar surface area (TPSA) is 90.0 Å². The molecular weight excluding hydrogens is 364 g/mol. The van der Waals surface area contributed by atoms with E-state index < -0.39 is 10.0 Å². The van der Waals surface area contributed by atoms with Crippen molar-refractivity contribution >= 4 is 15.9 Å². The summed E-state index contributed by atoms with van der Waals surface area (Å²) in [5, 5.41) is 8.29. The smallest absolute Gasteiger partial charge is 0.267 e. The van der Waals surface area contributed by atoms with Crippen LogP contribution in [0.15, 0.2) is 52.1 Å². The number of sulfonamides is 1. The van der Waals surface area contributed by atoms with E-state index in [0.717, 1.165) is 29.8 Å². The van der Waals surface area contributed by atoms with Crippen molar-refractivity contribution in [3.63, 3.8) is 0 Å². The molecule has 1 aromatic carbocycles. The maximum atomic E-state index is 12.7. The van der Waals surface area contributed by atoms with E-state index in [4.69, 9.17) is 4.52 Å². The third kappa shape index (κ3) is 3.62. The summed E-state index contributed by atoms with van der Waals surface area (Å²) in [5.41, 5.74) is 2.42. The lowest BCUT2D eigenvalue weighted by molar-refractivity contribution is 0.387.